The number of carbonyl (C=O) groups is 2. The van der Waals surface area contributed by atoms with Crippen LogP contribution < -0.4 is 4.74 Å². The maximum atomic E-state index is 13.5. The number of benzene rings is 1. The zero-order valence-electron chi connectivity index (χ0n) is 17.4. The molecule has 1 aromatic carbocycles. The number of morpholine rings is 1. The van der Waals surface area contributed by atoms with Crippen molar-refractivity contribution >= 4 is 17.4 Å². The van der Waals surface area contributed by atoms with Gasteiger partial charge in [-0.3, -0.25) is 19.5 Å². The highest BCUT2D eigenvalue weighted by Crippen LogP contribution is 2.34. The van der Waals surface area contributed by atoms with Crippen LogP contribution in [0.1, 0.15) is 25.1 Å². The second-order valence-corrected chi connectivity index (χ2v) is 7.63. The van der Waals surface area contributed by atoms with Gasteiger partial charge in [-0.2, -0.15) is 0 Å². The molecule has 1 saturated heterocycles. The van der Waals surface area contributed by atoms with Crippen LogP contribution in [-0.4, -0.2) is 59.0 Å². The van der Waals surface area contributed by atoms with Gasteiger partial charge in [0.1, 0.15) is 11.4 Å². The summed E-state index contributed by atoms with van der Waals surface area (Å²) < 4.78 is 11.1. The average Bonchev–Trinajstić information content (AvgIpc) is 2.98. The summed E-state index contributed by atoms with van der Waals surface area (Å²) in [6.07, 6.45) is 1.59. The van der Waals surface area contributed by atoms with E-state index in [-0.39, 0.29) is 30.6 Å². The van der Waals surface area contributed by atoms with Gasteiger partial charge in [-0.05, 0) is 43.7 Å². The molecule has 2 aliphatic rings. The minimum atomic E-state index is -0.308. The van der Waals surface area contributed by atoms with Crippen molar-refractivity contribution in [1.82, 2.24) is 14.8 Å². The van der Waals surface area contributed by atoms with E-state index in [1.54, 1.807) is 31.5 Å². The summed E-state index contributed by atoms with van der Waals surface area (Å²) in [4.78, 5) is 34.4. The van der Waals surface area contributed by atoms with E-state index in [0.717, 1.165) is 0 Å². The van der Waals surface area contributed by atoms with Gasteiger partial charge in [-0.1, -0.05) is 18.2 Å². The minimum absolute atomic E-state index is 0.0360. The first-order chi connectivity index (χ1) is 14.5. The molecule has 1 fully saturated rings. The molecule has 2 unspecified atom stereocenters. The molecule has 1 aromatic heterocycles. The molecule has 0 aliphatic carbocycles. The molecule has 2 amide bonds. The fourth-order valence-corrected chi connectivity index (χ4v) is 4.03. The third kappa shape index (κ3) is 3.80. The molecule has 2 aliphatic heterocycles. The lowest BCUT2D eigenvalue weighted by molar-refractivity contribution is -0.139. The number of nitrogens with zero attached hydrogens (tertiary/aromatic N) is 3. The van der Waals surface area contributed by atoms with Crippen molar-refractivity contribution in [1.29, 1.82) is 0 Å². The fourth-order valence-electron chi connectivity index (χ4n) is 4.03. The van der Waals surface area contributed by atoms with Crippen LogP contribution in [-0.2, 0) is 20.9 Å². The molecule has 0 N–H and O–H groups in total. The highest BCUT2D eigenvalue weighted by atomic mass is 16.5. The zero-order chi connectivity index (χ0) is 21.3. The topological polar surface area (TPSA) is 72.0 Å². The Bertz CT molecular complexity index is 962. The van der Waals surface area contributed by atoms with Gasteiger partial charge in [-0.25, -0.2) is 0 Å². The molecule has 156 valence electrons. The van der Waals surface area contributed by atoms with Gasteiger partial charge in [0.25, 0.3) is 11.8 Å². The Morgan fingerprint density at radius 1 is 1.03 bits per heavy atom. The van der Waals surface area contributed by atoms with Gasteiger partial charge in [0.15, 0.2) is 0 Å². The van der Waals surface area contributed by atoms with Gasteiger partial charge in [0.2, 0.25) is 0 Å². The van der Waals surface area contributed by atoms with Crippen LogP contribution in [0.15, 0.2) is 54.4 Å². The number of ether oxygens (including phenoxy) is 2. The number of aromatic nitrogens is 1. The molecule has 30 heavy (non-hydrogen) atoms. The van der Waals surface area contributed by atoms with Gasteiger partial charge in [0.05, 0.1) is 37.1 Å². The van der Waals surface area contributed by atoms with Crippen LogP contribution in [0.2, 0.25) is 0 Å². The monoisotopic (exact) mass is 407 g/mol. The van der Waals surface area contributed by atoms with Gasteiger partial charge in [-0.15, -0.1) is 0 Å². The highest BCUT2D eigenvalue weighted by Gasteiger charge is 2.43. The normalized spacial score (nSPS) is 22.1. The maximum absolute atomic E-state index is 13.5. The first-order valence-corrected chi connectivity index (χ1v) is 10.0. The number of hydrogen-bond donors (Lipinski definition) is 0. The Hall–Kier alpha value is -3.19. The van der Waals surface area contributed by atoms with Crippen LogP contribution in [0.4, 0.5) is 0 Å². The summed E-state index contributed by atoms with van der Waals surface area (Å²) in [5.41, 5.74) is 2.21. The lowest BCUT2D eigenvalue weighted by Gasteiger charge is -2.37. The average molecular weight is 407 g/mol. The molecule has 2 aromatic rings. The van der Waals surface area contributed by atoms with Gasteiger partial charge < -0.3 is 14.4 Å². The molecule has 0 spiro atoms. The molecule has 3 heterocycles. The lowest BCUT2D eigenvalue weighted by Crippen LogP contribution is -2.46. The van der Waals surface area contributed by atoms with Crippen LogP contribution in [0.3, 0.4) is 0 Å². The molecule has 7 nitrogen and oxygen atoms in total. The van der Waals surface area contributed by atoms with Crippen molar-refractivity contribution in [3.63, 3.8) is 0 Å². The SMILES string of the molecule is COc1ccc(C2=C(N3CC(C)OC(C)C3)C(=O)N(Cc3ccccn3)C2=O)cc1. The van der Waals surface area contributed by atoms with Crippen LogP contribution in [0.25, 0.3) is 5.57 Å². The van der Waals surface area contributed by atoms with E-state index in [4.69, 9.17) is 9.47 Å². The predicted octanol–water partition coefficient (Wildman–Crippen LogP) is 2.48. The zero-order valence-corrected chi connectivity index (χ0v) is 17.4. The molecule has 4 rings (SSSR count). The lowest BCUT2D eigenvalue weighted by atomic mass is 10.0. The Morgan fingerprint density at radius 2 is 1.73 bits per heavy atom. The number of carbonyl (C=O) groups excluding carboxylic acids is 2. The first kappa shape index (κ1) is 20.1. The van der Waals surface area contributed by atoms with E-state index in [2.05, 4.69) is 4.98 Å². The van der Waals surface area contributed by atoms with Crippen LogP contribution in [0, 0.1) is 0 Å². The van der Waals surface area contributed by atoms with Crippen molar-refractivity contribution in [3.05, 3.63) is 65.6 Å². The maximum Gasteiger partial charge on any atom is 0.278 e. The quantitative estimate of drug-likeness (QED) is 0.709. The molecule has 0 saturated carbocycles. The van der Waals surface area contributed by atoms with Crippen molar-refractivity contribution in [3.8, 4) is 5.75 Å². The van der Waals surface area contributed by atoms with Crippen LogP contribution in [0.5, 0.6) is 5.75 Å². The van der Waals surface area contributed by atoms with E-state index in [1.165, 1.54) is 4.90 Å². The molecule has 0 radical (unpaired) electrons. The predicted molar refractivity (Wildman–Crippen MR) is 111 cm³/mol. The summed E-state index contributed by atoms with van der Waals surface area (Å²) >= 11 is 0. The molecule has 2 atom stereocenters. The number of amides is 2. The Balaban J connectivity index is 1.75. The van der Waals surface area contributed by atoms with Crippen molar-refractivity contribution in [2.24, 2.45) is 0 Å². The smallest absolute Gasteiger partial charge is 0.278 e. The summed E-state index contributed by atoms with van der Waals surface area (Å²) in [7, 11) is 1.59. The Labute approximate surface area is 175 Å². The second-order valence-electron chi connectivity index (χ2n) is 7.63. The van der Waals surface area contributed by atoms with E-state index >= 15 is 0 Å². The Morgan fingerprint density at radius 3 is 2.33 bits per heavy atom. The fraction of sp³-hybridized carbons (Fsp3) is 0.348. The third-order valence-electron chi connectivity index (χ3n) is 5.30. The number of imide groups is 1. The van der Waals surface area contributed by atoms with Crippen molar-refractivity contribution in [2.75, 3.05) is 20.2 Å². The summed E-state index contributed by atoms with van der Waals surface area (Å²) in [6, 6.07) is 12.7. The second kappa shape index (κ2) is 8.28. The van der Waals surface area contributed by atoms with Crippen LogP contribution >= 0.6 is 0 Å². The van der Waals surface area contributed by atoms with E-state index in [1.807, 2.05) is 43.0 Å². The van der Waals surface area contributed by atoms with Gasteiger partial charge in [0, 0.05) is 19.3 Å². The molecule has 7 heteroatoms. The molecular weight excluding hydrogens is 382 g/mol. The summed E-state index contributed by atoms with van der Waals surface area (Å²) in [5, 5.41) is 0. The van der Waals surface area contributed by atoms with E-state index in [0.29, 0.717) is 41.4 Å². The number of hydrogen-bond acceptors (Lipinski definition) is 6. The molecular formula is C23H25N3O4. The summed E-state index contributed by atoms with van der Waals surface area (Å²) in [6.45, 7) is 5.19. The van der Waals surface area contributed by atoms with Gasteiger partial charge >= 0.3 is 0 Å². The summed E-state index contributed by atoms with van der Waals surface area (Å²) in [5.74, 6) is 0.0898. The van der Waals surface area contributed by atoms with Crippen molar-refractivity contribution in [2.45, 2.75) is 32.6 Å². The minimum Gasteiger partial charge on any atom is -0.497 e. The number of pyridine rings is 1. The Kier molecular flexibility index (Phi) is 5.55. The first-order valence-electron chi connectivity index (χ1n) is 10.0. The molecule has 0 bridgehead atoms. The highest BCUT2D eigenvalue weighted by molar-refractivity contribution is 6.35. The van der Waals surface area contributed by atoms with E-state index in [9.17, 15) is 9.59 Å². The van der Waals surface area contributed by atoms with Crippen molar-refractivity contribution < 1.29 is 19.1 Å². The third-order valence-corrected chi connectivity index (χ3v) is 5.30. The standard InChI is InChI=1S/C23H25N3O4/c1-15-12-25(13-16(2)30-15)21-20(17-7-9-19(29-3)10-8-17)22(27)26(23(21)28)14-18-6-4-5-11-24-18/h4-11,15-16H,12-14H2,1-3H3. The number of methoxy groups -OCH3 is 1. The largest absolute Gasteiger partial charge is 0.497 e. The van der Waals surface area contributed by atoms with E-state index < -0.39 is 0 Å². The number of rotatable bonds is 5.